The summed E-state index contributed by atoms with van der Waals surface area (Å²) in [6.45, 7) is 7.21. The zero-order chi connectivity index (χ0) is 18.1. The van der Waals surface area contributed by atoms with Gasteiger partial charge in [-0.1, -0.05) is 5.21 Å². The number of hydrogen-bond acceptors (Lipinski definition) is 7. The second kappa shape index (κ2) is 6.70. The predicted octanol–water partition coefficient (Wildman–Crippen LogP) is -0.00128. The molecule has 1 aliphatic rings. The Balaban J connectivity index is 1.33. The average molecular weight is 355 g/mol. The van der Waals surface area contributed by atoms with Gasteiger partial charge in [0.05, 0.1) is 5.92 Å². The summed E-state index contributed by atoms with van der Waals surface area (Å²) in [5, 5.41) is 11.3. The van der Waals surface area contributed by atoms with E-state index in [2.05, 4.69) is 30.6 Å². The number of amides is 1. The van der Waals surface area contributed by atoms with Gasteiger partial charge in [0.15, 0.2) is 17.0 Å². The van der Waals surface area contributed by atoms with Crippen LogP contribution in [0.15, 0.2) is 18.7 Å². The summed E-state index contributed by atoms with van der Waals surface area (Å²) >= 11 is 0. The molecule has 0 aromatic carbocycles. The van der Waals surface area contributed by atoms with Crippen LogP contribution in [0, 0.1) is 12.8 Å². The molecule has 0 atom stereocenters. The molecule has 10 nitrogen and oxygen atoms in total. The van der Waals surface area contributed by atoms with E-state index >= 15 is 0 Å². The van der Waals surface area contributed by atoms with E-state index < -0.39 is 0 Å². The van der Waals surface area contributed by atoms with Gasteiger partial charge in [0, 0.05) is 45.1 Å². The van der Waals surface area contributed by atoms with Gasteiger partial charge in [-0.3, -0.25) is 4.79 Å². The average Bonchev–Trinajstić information content (AvgIpc) is 3.20. The Bertz CT molecular complexity index is 925. The van der Waals surface area contributed by atoms with E-state index in [-0.39, 0.29) is 11.8 Å². The van der Waals surface area contributed by atoms with E-state index in [1.54, 1.807) is 10.9 Å². The third-order valence-electron chi connectivity index (χ3n) is 4.71. The molecule has 0 radical (unpaired) electrons. The Morgan fingerprint density at radius 1 is 1.31 bits per heavy atom. The van der Waals surface area contributed by atoms with E-state index in [9.17, 15) is 4.79 Å². The predicted molar refractivity (Wildman–Crippen MR) is 94.5 cm³/mol. The van der Waals surface area contributed by atoms with Gasteiger partial charge in [-0.25, -0.2) is 19.6 Å². The Kier molecular flexibility index (Phi) is 4.23. The second-order valence-corrected chi connectivity index (χ2v) is 6.34. The fourth-order valence-electron chi connectivity index (χ4n) is 3.13. The van der Waals surface area contributed by atoms with Crippen LogP contribution in [0.25, 0.3) is 11.2 Å². The van der Waals surface area contributed by atoms with E-state index in [4.69, 9.17) is 0 Å². The van der Waals surface area contributed by atoms with Gasteiger partial charge in [0.25, 0.3) is 0 Å². The quantitative estimate of drug-likeness (QED) is 0.663. The molecule has 0 aliphatic carbocycles. The highest BCUT2D eigenvalue weighted by molar-refractivity contribution is 5.86. The topological polar surface area (TPSA) is 107 Å². The van der Waals surface area contributed by atoms with Gasteiger partial charge in [0.1, 0.15) is 12.2 Å². The molecule has 1 amide bonds. The molecule has 0 bridgehead atoms. The van der Waals surface area contributed by atoms with Crippen molar-refractivity contribution in [1.82, 2.24) is 39.8 Å². The molecule has 1 aliphatic heterocycles. The van der Waals surface area contributed by atoms with Crippen LogP contribution < -0.4 is 10.2 Å². The Hall–Kier alpha value is -3.04. The smallest absolute Gasteiger partial charge is 0.226 e. The fraction of sp³-hybridized carbons (Fsp3) is 0.500. The first-order chi connectivity index (χ1) is 12.7. The van der Waals surface area contributed by atoms with Crippen molar-refractivity contribution in [1.29, 1.82) is 0 Å². The van der Waals surface area contributed by atoms with E-state index in [1.807, 2.05) is 29.5 Å². The number of nitrogens with zero attached hydrogens (tertiary/aromatic N) is 8. The monoisotopic (exact) mass is 355 g/mol. The molecule has 1 saturated heterocycles. The Morgan fingerprint density at radius 3 is 2.88 bits per heavy atom. The number of imidazole rings is 1. The lowest BCUT2D eigenvalue weighted by molar-refractivity contribution is -0.125. The number of rotatable bonds is 6. The number of hydrogen-bond donors (Lipinski definition) is 1. The number of anilines is 1. The third-order valence-corrected chi connectivity index (χ3v) is 4.71. The normalized spacial score (nSPS) is 14.6. The van der Waals surface area contributed by atoms with Crippen LogP contribution in [-0.2, 0) is 17.9 Å². The molecular weight excluding hydrogens is 334 g/mol. The molecule has 0 unspecified atom stereocenters. The van der Waals surface area contributed by atoms with Crippen LogP contribution in [0.1, 0.15) is 12.7 Å². The first kappa shape index (κ1) is 16.4. The zero-order valence-corrected chi connectivity index (χ0v) is 14.8. The lowest BCUT2D eigenvalue weighted by Gasteiger charge is -2.38. The lowest BCUT2D eigenvalue weighted by Crippen LogP contribution is -2.54. The number of fused-ring (bicyclic) bond motifs is 1. The highest BCUT2D eigenvalue weighted by Crippen LogP contribution is 2.27. The minimum Gasteiger partial charge on any atom is -0.354 e. The maximum atomic E-state index is 12.3. The van der Waals surface area contributed by atoms with Crippen LogP contribution in [0.2, 0.25) is 0 Å². The summed E-state index contributed by atoms with van der Waals surface area (Å²) in [6.07, 6.45) is 5.20. The molecule has 26 heavy (non-hydrogen) atoms. The molecular formula is C16H21N9O. The second-order valence-electron chi connectivity index (χ2n) is 6.34. The third kappa shape index (κ3) is 2.87. The van der Waals surface area contributed by atoms with Crippen molar-refractivity contribution >= 4 is 22.9 Å². The number of nitrogens with one attached hydrogen (secondary N) is 1. The summed E-state index contributed by atoms with van der Waals surface area (Å²) < 4.78 is 3.75. The highest BCUT2D eigenvalue weighted by atomic mass is 16.2. The highest BCUT2D eigenvalue weighted by Gasteiger charge is 2.34. The molecule has 3 aromatic heterocycles. The van der Waals surface area contributed by atoms with Gasteiger partial charge in [-0.2, -0.15) is 0 Å². The van der Waals surface area contributed by atoms with Crippen molar-refractivity contribution < 1.29 is 4.79 Å². The number of aryl methyl sites for hydroxylation is 2. The maximum absolute atomic E-state index is 12.3. The maximum Gasteiger partial charge on any atom is 0.226 e. The van der Waals surface area contributed by atoms with Gasteiger partial charge >= 0.3 is 0 Å². The van der Waals surface area contributed by atoms with E-state index in [0.717, 1.165) is 23.8 Å². The zero-order valence-electron chi connectivity index (χ0n) is 14.8. The van der Waals surface area contributed by atoms with Crippen molar-refractivity contribution in [3.8, 4) is 0 Å². The van der Waals surface area contributed by atoms with Crippen LogP contribution >= 0.6 is 0 Å². The summed E-state index contributed by atoms with van der Waals surface area (Å²) in [7, 11) is 0. The SMILES string of the molecule is CCn1nnc2c(N3CC(C(=O)NCCn4ccnc4C)C3)ncnc21. The minimum absolute atomic E-state index is 0.0369. The summed E-state index contributed by atoms with van der Waals surface area (Å²) in [4.78, 5) is 27.1. The molecule has 0 saturated carbocycles. The molecule has 4 heterocycles. The molecule has 4 rings (SSSR count). The van der Waals surface area contributed by atoms with Crippen molar-refractivity contribution in [2.45, 2.75) is 26.9 Å². The first-order valence-electron chi connectivity index (χ1n) is 8.72. The molecule has 1 N–H and O–H groups in total. The molecule has 3 aromatic rings. The Morgan fingerprint density at radius 2 is 2.15 bits per heavy atom. The summed E-state index contributed by atoms with van der Waals surface area (Å²) in [5.74, 6) is 1.72. The van der Waals surface area contributed by atoms with Gasteiger partial charge < -0.3 is 14.8 Å². The van der Waals surface area contributed by atoms with Crippen molar-refractivity contribution in [2.75, 3.05) is 24.5 Å². The van der Waals surface area contributed by atoms with Crippen LogP contribution in [-0.4, -0.2) is 60.1 Å². The molecule has 10 heteroatoms. The van der Waals surface area contributed by atoms with E-state index in [1.165, 1.54) is 6.33 Å². The molecule has 136 valence electrons. The first-order valence-corrected chi connectivity index (χ1v) is 8.72. The van der Waals surface area contributed by atoms with Gasteiger partial charge in [-0.15, -0.1) is 5.10 Å². The Labute approximate surface area is 150 Å². The van der Waals surface area contributed by atoms with Gasteiger partial charge in [0.2, 0.25) is 5.91 Å². The van der Waals surface area contributed by atoms with Crippen LogP contribution in [0.5, 0.6) is 0 Å². The number of aromatic nitrogens is 7. The van der Waals surface area contributed by atoms with E-state index in [0.29, 0.717) is 31.7 Å². The lowest BCUT2D eigenvalue weighted by atomic mass is 9.99. The summed E-state index contributed by atoms with van der Waals surface area (Å²) in [5.41, 5.74) is 1.41. The van der Waals surface area contributed by atoms with Crippen LogP contribution in [0.4, 0.5) is 5.82 Å². The minimum atomic E-state index is -0.0369. The largest absolute Gasteiger partial charge is 0.354 e. The number of carbonyl (C=O) groups is 1. The molecule has 0 spiro atoms. The van der Waals surface area contributed by atoms with Crippen LogP contribution in [0.3, 0.4) is 0 Å². The van der Waals surface area contributed by atoms with Gasteiger partial charge in [-0.05, 0) is 13.8 Å². The molecule has 1 fully saturated rings. The van der Waals surface area contributed by atoms with Crippen molar-refractivity contribution in [2.24, 2.45) is 5.92 Å². The standard InChI is InChI=1S/C16H21N9O/c1-3-25-15-13(21-22-25)14(19-10-20-15)24-8-12(9-24)16(26)18-5-7-23-6-4-17-11(23)2/h4,6,10,12H,3,5,7-9H2,1-2H3,(H,18,26). The summed E-state index contributed by atoms with van der Waals surface area (Å²) in [6, 6.07) is 0. The van der Waals surface area contributed by atoms with Crippen molar-refractivity contribution in [3.63, 3.8) is 0 Å². The fourth-order valence-corrected chi connectivity index (χ4v) is 3.13. The number of carbonyl (C=O) groups excluding carboxylic acids is 1. The van der Waals surface area contributed by atoms with Crippen molar-refractivity contribution in [3.05, 3.63) is 24.5 Å².